The molecular weight excluding hydrogens is 192 g/mol. The number of hydrogen-bond donors (Lipinski definition) is 3. The number of carboxylic acid groups (broad SMARTS) is 1. The molecule has 4 heteroatoms. The zero-order valence-corrected chi connectivity index (χ0v) is 7.90. The molecule has 2 rings (SSSR count). The van der Waals surface area contributed by atoms with Gasteiger partial charge < -0.3 is 16.6 Å². The van der Waals surface area contributed by atoms with E-state index < -0.39 is 5.97 Å². The molecule has 0 bridgehead atoms. The Morgan fingerprint density at radius 1 is 1.13 bits per heavy atom. The van der Waals surface area contributed by atoms with Crippen molar-refractivity contribution in [3.05, 3.63) is 35.9 Å². The van der Waals surface area contributed by atoms with E-state index in [1.165, 1.54) is 6.07 Å². The van der Waals surface area contributed by atoms with E-state index in [9.17, 15) is 4.79 Å². The molecule has 0 saturated heterocycles. The monoisotopic (exact) mass is 202 g/mol. The summed E-state index contributed by atoms with van der Waals surface area (Å²) >= 11 is 0. The van der Waals surface area contributed by atoms with Crippen LogP contribution in [-0.4, -0.2) is 11.1 Å². The van der Waals surface area contributed by atoms with Crippen LogP contribution in [0.4, 0.5) is 11.4 Å². The zero-order chi connectivity index (χ0) is 11.0. The molecule has 0 atom stereocenters. The molecule has 2 aromatic rings. The second-order valence-corrected chi connectivity index (χ2v) is 3.28. The van der Waals surface area contributed by atoms with Gasteiger partial charge in [-0.1, -0.05) is 24.3 Å². The van der Waals surface area contributed by atoms with Gasteiger partial charge in [-0.3, -0.25) is 0 Å². The van der Waals surface area contributed by atoms with E-state index in [0.717, 1.165) is 0 Å². The number of carboxylic acids is 1. The SMILES string of the molecule is Nc1cc(C(=O)O)c2ccccc2c1N. The third-order valence-corrected chi connectivity index (χ3v) is 2.35. The van der Waals surface area contributed by atoms with Gasteiger partial charge in [-0.15, -0.1) is 0 Å². The minimum Gasteiger partial charge on any atom is -0.478 e. The summed E-state index contributed by atoms with van der Waals surface area (Å²) in [5.74, 6) is -1.00. The fourth-order valence-corrected chi connectivity index (χ4v) is 1.60. The summed E-state index contributed by atoms with van der Waals surface area (Å²) in [7, 11) is 0. The van der Waals surface area contributed by atoms with Crippen LogP contribution in [0.5, 0.6) is 0 Å². The topological polar surface area (TPSA) is 89.3 Å². The van der Waals surface area contributed by atoms with Gasteiger partial charge in [0, 0.05) is 5.39 Å². The van der Waals surface area contributed by atoms with Gasteiger partial charge in [0.25, 0.3) is 0 Å². The van der Waals surface area contributed by atoms with Gasteiger partial charge >= 0.3 is 5.97 Å². The van der Waals surface area contributed by atoms with Crippen molar-refractivity contribution in [2.45, 2.75) is 0 Å². The van der Waals surface area contributed by atoms with Crippen LogP contribution in [0.25, 0.3) is 10.8 Å². The number of rotatable bonds is 1. The summed E-state index contributed by atoms with van der Waals surface area (Å²) < 4.78 is 0. The van der Waals surface area contributed by atoms with Gasteiger partial charge in [-0.25, -0.2) is 4.79 Å². The second kappa shape index (κ2) is 3.16. The molecule has 0 heterocycles. The maximum absolute atomic E-state index is 11.0. The molecule has 0 amide bonds. The van der Waals surface area contributed by atoms with E-state index in [1.54, 1.807) is 24.3 Å². The average molecular weight is 202 g/mol. The number of aromatic carboxylic acids is 1. The summed E-state index contributed by atoms with van der Waals surface area (Å²) in [6.07, 6.45) is 0. The number of carbonyl (C=O) groups is 1. The smallest absolute Gasteiger partial charge is 0.336 e. The number of anilines is 2. The van der Waals surface area contributed by atoms with Crippen LogP contribution >= 0.6 is 0 Å². The Balaban J connectivity index is 2.94. The summed E-state index contributed by atoms with van der Waals surface area (Å²) in [4.78, 5) is 11.0. The molecule has 0 fully saturated rings. The van der Waals surface area contributed by atoms with Crippen molar-refractivity contribution in [2.24, 2.45) is 0 Å². The van der Waals surface area contributed by atoms with Crippen LogP contribution in [0.15, 0.2) is 30.3 Å². The number of nitrogens with two attached hydrogens (primary N) is 2. The van der Waals surface area contributed by atoms with E-state index in [2.05, 4.69) is 0 Å². The largest absolute Gasteiger partial charge is 0.478 e. The highest BCUT2D eigenvalue weighted by molar-refractivity contribution is 6.10. The van der Waals surface area contributed by atoms with Crippen LogP contribution < -0.4 is 11.5 Å². The van der Waals surface area contributed by atoms with E-state index in [4.69, 9.17) is 16.6 Å². The third kappa shape index (κ3) is 1.36. The van der Waals surface area contributed by atoms with Crippen molar-refractivity contribution in [3.63, 3.8) is 0 Å². The van der Waals surface area contributed by atoms with Crippen LogP contribution in [-0.2, 0) is 0 Å². The molecule has 15 heavy (non-hydrogen) atoms. The molecule has 0 aromatic heterocycles. The van der Waals surface area contributed by atoms with E-state index in [-0.39, 0.29) is 5.56 Å². The lowest BCUT2D eigenvalue weighted by Crippen LogP contribution is -2.03. The van der Waals surface area contributed by atoms with Crippen molar-refractivity contribution in [1.29, 1.82) is 0 Å². The predicted octanol–water partition coefficient (Wildman–Crippen LogP) is 1.70. The first kappa shape index (κ1) is 9.33. The molecule has 0 radical (unpaired) electrons. The van der Waals surface area contributed by atoms with Crippen molar-refractivity contribution in [2.75, 3.05) is 11.5 Å². The fraction of sp³-hybridized carbons (Fsp3) is 0. The first-order chi connectivity index (χ1) is 7.11. The summed E-state index contributed by atoms with van der Waals surface area (Å²) in [6, 6.07) is 8.43. The van der Waals surface area contributed by atoms with Crippen LogP contribution in [0.2, 0.25) is 0 Å². The molecule has 4 nitrogen and oxygen atoms in total. The minimum absolute atomic E-state index is 0.178. The lowest BCUT2D eigenvalue weighted by molar-refractivity contribution is 0.0699. The predicted molar refractivity (Wildman–Crippen MR) is 59.7 cm³/mol. The first-order valence-electron chi connectivity index (χ1n) is 4.41. The van der Waals surface area contributed by atoms with E-state index >= 15 is 0 Å². The molecule has 0 aliphatic heterocycles. The Bertz CT molecular complexity index is 550. The molecule has 0 unspecified atom stereocenters. The lowest BCUT2D eigenvalue weighted by atomic mass is 10.0. The van der Waals surface area contributed by atoms with Crippen molar-refractivity contribution >= 4 is 28.1 Å². The van der Waals surface area contributed by atoms with Gasteiger partial charge in [0.1, 0.15) is 0 Å². The molecule has 76 valence electrons. The van der Waals surface area contributed by atoms with E-state index in [1.807, 2.05) is 0 Å². The average Bonchev–Trinajstić information content (AvgIpc) is 2.23. The van der Waals surface area contributed by atoms with Gasteiger partial charge in [0.05, 0.1) is 16.9 Å². The van der Waals surface area contributed by atoms with Crippen LogP contribution in [0.3, 0.4) is 0 Å². The normalized spacial score (nSPS) is 10.4. The highest BCUT2D eigenvalue weighted by Gasteiger charge is 2.12. The second-order valence-electron chi connectivity index (χ2n) is 3.28. The molecule has 5 N–H and O–H groups in total. The summed E-state index contributed by atoms with van der Waals surface area (Å²) in [5.41, 5.74) is 12.3. The molecule has 0 aliphatic carbocycles. The summed E-state index contributed by atoms with van der Waals surface area (Å²) in [5, 5.41) is 10.3. The number of benzene rings is 2. The zero-order valence-electron chi connectivity index (χ0n) is 7.90. The van der Waals surface area contributed by atoms with Gasteiger partial charge in [-0.2, -0.15) is 0 Å². The maximum Gasteiger partial charge on any atom is 0.336 e. The molecule has 0 spiro atoms. The summed E-state index contributed by atoms with van der Waals surface area (Å²) in [6.45, 7) is 0. The van der Waals surface area contributed by atoms with Crippen LogP contribution in [0, 0.1) is 0 Å². The first-order valence-corrected chi connectivity index (χ1v) is 4.41. The highest BCUT2D eigenvalue weighted by atomic mass is 16.4. The Morgan fingerprint density at radius 3 is 2.33 bits per heavy atom. The lowest BCUT2D eigenvalue weighted by Gasteiger charge is -2.08. The van der Waals surface area contributed by atoms with Gasteiger partial charge in [0.2, 0.25) is 0 Å². The van der Waals surface area contributed by atoms with Gasteiger partial charge in [-0.05, 0) is 11.5 Å². The van der Waals surface area contributed by atoms with Crippen LogP contribution in [0.1, 0.15) is 10.4 Å². The highest BCUT2D eigenvalue weighted by Crippen LogP contribution is 2.29. The Labute approximate surface area is 86.1 Å². The Kier molecular flexibility index (Phi) is 1.97. The number of hydrogen-bond acceptors (Lipinski definition) is 3. The number of fused-ring (bicyclic) bond motifs is 1. The third-order valence-electron chi connectivity index (χ3n) is 2.35. The maximum atomic E-state index is 11.0. The Morgan fingerprint density at radius 2 is 1.73 bits per heavy atom. The molecular formula is C11H10N2O2. The quantitative estimate of drug-likeness (QED) is 0.614. The standard InChI is InChI=1S/C11H10N2O2/c12-9-5-8(11(14)15)6-3-1-2-4-7(6)10(9)13/h1-5H,12-13H2,(H,14,15). The van der Waals surface area contributed by atoms with Crippen molar-refractivity contribution in [1.82, 2.24) is 0 Å². The molecule has 2 aromatic carbocycles. The van der Waals surface area contributed by atoms with Crippen molar-refractivity contribution < 1.29 is 9.90 Å². The molecule has 0 aliphatic rings. The van der Waals surface area contributed by atoms with E-state index in [0.29, 0.717) is 22.1 Å². The number of nitrogen functional groups attached to an aromatic ring is 2. The fourth-order valence-electron chi connectivity index (χ4n) is 1.60. The van der Waals surface area contributed by atoms with Crippen molar-refractivity contribution in [3.8, 4) is 0 Å². The minimum atomic E-state index is -1.00. The molecule has 0 saturated carbocycles. The van der Waals surface area contributed by atoms with Gasteiger partial charge in [0.15, 0.2) is 0 Å². The Hall–Kier alpha value is -2.23.